The fourth-order valence-electron chi connectivity index (χ4n) is 3.72. The van der Waals surface area contributed by atoms with Gasteiger partial charge in [0.25, 0.3) is 5.91 Å². The molecule has 136 valence electrons. The molecule has 2 aromatic rings. The number of nitrogens with zero attached hydrogens (tertiary/aromatic N) is 3. The van der Waals surface area contributed by atoms with Crippen molar-refractivity contribution in [2.24, 2.45) is 0 Å². The SMILES string of the molecule is COc1cccc(C(=O)N2CCc3nc(C4CCNCC4)ncc3C2)c1. The van der Waals surface area contributed by atoms with Crippen LogP contribution in [0.2, 0.25) is 0 Å². The topological polar surface area (TPSA) is 67.3 Å². The Kier molecular flexibility index (Phi) is 4.84. The van der Waals surface area contributed by atoms with Gasteiger partial charge in [0.05, 0.1) is 12.8 Å². The third-order valence-corrected chi connectivity index (χ3v) is 5.26. The molecule has 0 saturated carbocycles. The number of rotatable bonds is 3. The van der Waals surface area contributed by atoms with Gasteiger partial charge < -0.3 is 15.0 Å². The zero-order valence-corrected chi connectivity index (χ0v) is 15.1. The van der Waals surface area contributed by atoms with E-state index in [2.05, 4.69) is 10.3 Å². The number of benzene rings is 1. The average molecular weight is 352 g/mol. The zero-order valence-electron chi connectivity index (χ0n) is 15.1. The van der Waals surface area contributed by atoms with Crippen molar-refractivity contribution in [1.82, 2.24) is 20.2 Å². The van der Waals surface area contributed by atoms with E-state index in [1.807, 2.05) is 29.3 Å². The number of aromatic nitrogens is 2. The highest BCUT2D eigenvalue weighted by molar-refractivity contribution is 5.94. The summed E-state index contributed by atoms with van der Waals surface area (Å²) in [7, 11) is 1.61. The predicted molar refractivity (Wildman–Crippen MR) is 98.3 cm³/mol. The Bertz CT molecular complexity index is 802. The van der Waals surface area contributed by atoms with Crippen molar-refractivity contribution < 1.29 is 9.53 Å². The molecule has 0 radical (unpaired) electrons. The minimum Gasteiger partial charge on any atom is -0.497 e. The first-order chi connectivity index (χ1) is 12.7. The van der Waals surface area contributed by atoms with Gasteiger partial charge in [0.15, 0.2) is 0 Å². The lowest BCUT2D eigenvalue weighted by molar-refractivity contribution is 0.0732. The summed E-state index contributed by atoms with van der Waals surface area (Å²) in [5.74, 6) is 2.15. The van der Waals surface area contributed by atoms with E-state index in [4.69, 9.17) is 9.72 Å². The van der Waals surface area contributed by atoms with E-state index in [0.717, 1.165) is 49.4 Å². The van der Waals surface area contributed by atoms with E-state index in [0.29, 0.717) is 30.3 Å². The monoisotopic (exact) mass is 352 g/mol. The minimum atomic E-state index is 0.0250. The average Bonchev–Trinajstić information content (AvgIpc) is 2.73. The van der Waals surface area contributed by atoms with Crippen LogP contribution >= 0.6 is 0 Å². The molecule has 3 heterocycles. The van der Waals surface area contributed by atoms with Gasteiger partial charge in [-0.25, -0.2) is 9.97 Å². The fourth-order valence-corrected chi connectivity index (χ4v) is 3.72. The number of methoxy groups -OCH3 is 1. The van der Waals surface area contributed by atoms with Crippen LogP contribution in [0.4, 0.5) is 0 Å². The Labute approximate surface area is 153 Å². The lowest BCUT2D eigenvalue weighted by Gasteiger charge is -2.29. The van der Waals surface area contributed by atoms with E-state index in [-0.39, 0.29) is 5.91 Å². The summed E-state index contributed by atoms with van der Waals surface area (Å²) in [4.78, 5) is 24.1. The first-order valence-electron chi connectivity index (χ1n) is 9.23. The highest BCUT2D eigenvalue weighted by atomic mass is 16.5. The smallest absolute Gasteiger partial charge is 0.254 e. The van der Waals surface area contributed by atoms with Gasteiger partial charge in [0, 0.05) is 42.8 Å². The predicted octanol–water partition coefficient (Wildman–Crippen LogP) is 2.15. The number of hydrogen-bond acceptors (Lipinski definition) is 5. The first kappa shape index (κ1) is 17.0. The third kappa shape index (κ3) is 3.42. The molecular weight excluding hydrogens is 328 g/mol. The number of carbonyl (C=O) groups is 1. The van der Waals surface area contributed by atoms with Crippen LogP contribution in [0.3, 0.4) is 0 Å². The molecule has 6 nitrogen and oxygen atoms in total. The van der Waals surface area contributed by atoms with Gasteiger partial charge in [0.1, 0.15) is 11.6 Å². The maximum atomic E-state index is 12.8. The van der Waals surface area contributed by atoms with Crippen molar-refractivity contribution >= 4 is 5.91 Å². The van der Waals surface area contributed by atoms with Crippen LogP contribution in [0, 0.1) is 0 Å². The van der Waals surface area contributed by atoms with Gasteiger partial charge >= 0.3 is 0 Å². The van der Waals surface area contributed by atoms with Crippen LogP contribution in [0.5, 0.6) is 5.75 Å². The van der Waals surface area contributed by atoms with E-state index in [9.17, 15) is 4.79 Å². The van der Waals surface area contributed by atoms with Crippen LogP contribution in [0.15, 0.2) is 30.5 Å². The number of fused-ring (bicyclic) bond motifs is 1. The summed E-state index contributed by atoms with van der Waals surface area (Å²) in [6.45, 7) is 3.32. The summed E-state index contributed by atoms with van der Waals surface area (Å²) < 4.78 is 5.22. The molecule has 6 heteroatoms. The van der Waals surface area contributed by atoms with Crippen LogP contribution in [-0.2, 0) is 13.0 Å². The number of carbonyl (C=O) groups excluding carboxylic acids is 1. The van der Waals surface area contributed by atoms with Crippen molar-refractivity contribution in [3.05, 3.63) is 53.1 Å². The van der Waals surface area contributed by atoms with Gasteiger partial charge in [0.2, 0.25) is 0 Å². The molecule has 1 saturated heterocycles. The molecule has 1 fully saturated rings. The number of nitrogens with one attached hydrogen (secondary N) is 1. The second-order valence-corrected chi connectivity index (χ2v) is 6.93. The summed E-state index contributed by atoms with van der Waals surface area (Å²) in [6, 6.07) is 7.31. The van der Waals surface area contributed by atoms with Crippen molar-refractivity contribution in [1.29, 1.82) is 0 Å². The van der Waals surface area contributed by atoms with Crippen LogP contribution < -0.4 is 10.1 Å². The Balaban J connectivity index is 1.49. The van der Waals surface area contributed by atoms with Crippen LogP contribution in [0.25, 0.3) is 0 Å². The normalized spacial score (nSPS) is 17.7. The largest absolute Gasteiger partial charge is 0.497 e. The first-order valence-corrected chi connectivity index (χ1v) is 9.23. The van der Waals surface area contributed by atoms with Gasteiger partial charge in [-0.15, -0.1) is 0 Å². The standard InChI is InChI=1S/C20H24N4O2/c1-26-17-4-2-3-15(11-17)20(25)24-10-7-18-16(13-24)12-22-19(23-18)14-5-8-21-9-6-14/h2-4,11-12,14,21H,5-10,13H2,1H3. The Morgan fingerprint density at radius 3 is 2.96 bits per heavy atom. The summed E-state index contributed by atoms with van der Waals surface area (Å²) in [5.41, 5.74) is 2.81. The highest BCUT2D eigenvalue weighted by Gasteiger charge is 2.25. The molecule has 26 heavy (non-hydrogen) atoms. The number of amides is 1. The molecular formula is C20H24N4O2. The molecule has 0 atom stereocenters. The van der Waals surface area contributed by atoms with Crippen LogP contribution in [-0.4, -0.2) is 47.5 Å². The maximum absolute atomic E-state index is 12.8. The Morgan fingerprint density at radius 1 is 1.31 bits per heavy atom. The summed E-state index contributed by atoms with van der Waals surface area (Å²) in [5, 5.41) is 3.38. The molecule has 1 amide bonds. The van der Waals surface area contributed by atoms with Crippen molar-refractivity contribution in [3.63, 3.8) is 0 Å². The molecule has 0 aliphatic carbocycles. The highest BCUT2D eigenvalue weighted by Crippen LogP contribution is 2.25. The fraction of sp³-hybridized carbons (Fsp3) is 0.450. The molecule has 1 aromatic heterocycles. The Morgan fingerprint density at radius 2 is 2.15 bits per heavy atom. The molecule has 2 aliphatic rings. The zero-order chi connectivity index (χ0) is 17.9. The Hall–Kier alpha value is -2.47. The number of hydrogen-bond donors (Lipinski definition) is 1. The maximum Gasteiger partial charge on any atom is 0.254 e. The van der Waals surface area contributed by atoms with Crippen molar-refractivity contribution in [3.8, 4) is 5.75 Å². The molecule has 0 spiro atoms. The lowest BCUT2D eigenvalue weighted by atomic mass is 9.96. The molecule has 2 aliphatic heterocycles. The summed E-state index contributed by atoms with van der Waals surface area (Å²) in [6.07, 6.45) is 4.90. The van der Waals surface area contributed by atoms with Gasteiger partial charge in [-0.2, -0.15) is 0 Å². The number of piperidine rings is 1. The van der Waals surface area contributed by atoms with Crippen molar-refractivity contribution in [2.75, 3.05) is 26.7 Å². The molecule has 4 rings (SSSR count). The van der Waals surface area contributed by atoms with Gasteiger partial charge in [-0.1, -0.05) is 6.07 Å². The van der Waals surface area contributed by atoms with Crippen molar-refractivity contribution in [2.45, 2.75) is 31.7 Å². The van der Waals surface area contributed by atoms with E-state index in [1.54, 1.807) is 13.2 Å². The quantitative estimate of drug-likeness (QED) is 0.917. The van der Waals surface area contributed by atoms with E-state index < -0.39 is 0 Å². The van der Waals surface area contributed by atoms with Gasteiger partial charge in [-0.3, -0.25) is 4.79 Å². The number of ether oxygens (including phenoxy) is 1. The second kappa shape index (κ2) is 7.41. The lowest BCUT2D eigenvalue weighted by Crippen LogP contribution is -2.37. The summed E-state index contributed by atoms with van der Waals surface area (Å²) >= 11 is 0. The minimum absolute atomic E-state index is 0.0250. The van der Waals surface area contributed by atoms with Gasteiger partial charge in [-0.05, 0) is 44.1 Å². The second-order valence-electron chi connectivity index (χ2n) is 6.93. The van der Waals surface area contributed by atoms with Crippen LogP contribution in [0.1, 0.15) is 46.2 Å². The molecule has 1 aromatic carbocycles. The molecule has 1 N–H and O–H groups in total. The van der Waals surface area contributed by atoms with E-state index >= 15 is 0 Å². The molecule has 0 bridgehead atoms. The molecule has 0 unspecified atom stereocenters. The van der Waals surface area contributed by atoms with E-state index in [1.165, 1.54) is 0 Å². The third-order valence-electron chi connectivity index (χ3n) is 5.26.